The number of fused-ring (bicyclic) bond motifs is 4. The molecule has 7 heteroatoms. The maximum atomic E-state index is 11.4. The number of benzene rings is 5. The van der Waals surface area contributed by atoms with Crippen molar-refractivity contribution in [2.75, 3.05) is 0 Å². The lowest BCUT2D eigenvalue weighted by molar-refractivity contribution is -0.144. The van der Waals surface area contributed by atoms with Crippen molar-refractivity contribution in [3.63, 3.8) is 0 Å². The predicted molar refractivity (Wildman–Crippen MR) is 166 cm³/mol. The van der Waals surface area contributed by atoms with E-state index in [1.807, 2.05) is 29.5 Å². The van der Waals surface area contributed by atoms with Crippen molar-refractivity contribution < 1.29 is 14.6 Å². The van der Waals surface area contributed by atoms with Crippen LogP contribution >= 0.6 is 55.0 Å². The topological polar surface area (TPSA) is 46.5 Å². The molecule has 0 amide bonds. The molecule has 0 aliphatic rings. The molecule has 0 radical (unpaired) electrons. The molecule has 3 nitrogen and oxygen atoms in total. The van der Waals surface area contributed by atoms with Gasteiger partial charge in [-0.15, -0.1) is 11.3 Å². The Hall–Kier alpha value is -2.84. The number of halogens is 2. The molecule has 0 unspecified atom stereocenters. The van der Waals surface area contributed by atoms with Gasteiger partial charge in [-0.1, -0.05) is 72.4 Å². The highest BCUT2D eigenvalue weighted by Gasteiger charge is 2.23. The molecule has 38 heavy (non-hydrogen) atoms. The van der Waals surface area contributed by atoms with Crippen molar-refractivity contribution in [3.05, 3.63) is 99.9 Å². The first-order chi connectivity index (χ1) is 18.4. The third kappa shape index (κ3) is 4.51. The molecule has 0 aliphatic heterocycles. The number of hydrogen-bond donors (Lipinski definition) is 1. The van der Waals surface area contributed by atoms with Gasteiger partial charge in [-0.25, -0.2) is 4.79 Å². The van der Waals surface area contributed by atoms with Crippen LogP contribution < -0.4 is 4.74 Å². The van der Waals surface area contributed by atoms with Gasteiger partial charge in [-0.3, -0.25) is 0 Å². The molecule has 1 aromatic heterocycles. The molecule has 0 spiro atoms. The zero-order valence-electron chi connectivity index (χ0n) is 20.1. The second kappa shape index (κ2) is 10.4. The molecule has 1 N–H and O–H groups in total. The average Bonchev–Trinajstić information content (AvgIpc) is 3.30. The highest BCUT2D eigenvalue weighted by molar-refractivity contribution is 9.11. The molecule has 0 aliphatic carbocycles. The van der Waals surface area contributed by atoms with E-state index in [1.165, 1.54) is 42.3 Å². The summed E-state index contributed by atoms with van der Waals surface area (Å²) < 4.78 is 9.62. The van der Waals surface area contributed by atoms with Gasteiger partial charge in [-0.2, -0.15) is 0 Å². The van der Waals surface area contributed by atoms with Gasteiger partial charge < -0.3 is 9.84 Å². The number of carboxylic acids is 1. The van der Waals surface area contributed by atoms with E-state index in [1.54, 1.807) is 11.8 Å². The fraction of sp³-hybridized carbons (Fsp3) is 0.0645. The Kier molecular flexibility index (Phi) is 6.95. The summed E-state index contributed by atoms with van der Waals surface area (Å²) >= 11 is 10.9. The van der Waals surface area contributed by atoms with Crippen LogP contribution in [-0.4, -0.2) is 17.2 Å². The third-order valence-corrected chi connectivity index (χ3v) is 10.0. The minimum Gasteiger partial charge on any atom is -0.479 e. The van der Waals surface area contributed by atoms with Gasteiger partial charge in [-0.05, 0) is 91.0 Å². The Morgan fingerprint density at radius 3 is 2.16 bits per heavy atom. The minimum absolute atomic E-state index is 0.468. The van der Waals surface area contributed by atoms with Gasteiger partial charge in [0.2, 0.25) is 0 Å². The lowest BCUT2D eigenvalue weighted by atomic mass is 9.93. The van der Waals surface area contributed by atoms with Crippen LogP contribution in [0.5, 0.6) is 5.75 Å². The fourth-order valence-electron chi connectivity index (χ4n) is 4.66. The second-order valence-electron chi connectivity index (χ2n) is 8.83. The Balaban J connectivity index is 1.67. The number of carbonyl (C=O) groups is 1. The number of rotatable bonds is 6. The van der Waals surface area contributed by atoms with E-state index in [0.29, 0.717) is 14.7 Å². The maximum absolute atomic E-state index is 11.4. The van der Waals surface area contributed by atoms with Crippen molar-refractivity contribution in [2.45, 2.75) is 22.8 Å². The van der Waals surface area contributed by atoms with Crippen LogP contribution in [0.25, 0.3) is 42.1 Å². The van der Waals surface area contributed by atoms with Crippen LogP contribution in [0.1, 0.15) is 6.92 Å². The summed E-state index contributed by atoms with van der Waals surface area (Å²) in [5, 5.41) is 14.1. The van der Waals surface area contributed by atoms with Gasteiger partial charge in [0, 0.05) is 25.3 Å². The molecule has 0 fully saturated rings. The lowest BCUT2D eigenvalue weighted by Crippen LogP contribution is -2.23. The van der Waals surface area contributed by atoms with Gasteiger partial charge in [0.15, 0.2) is 6.10 Å². The first kappa shape index (κ1) is 25.4. The van der Waals surface area contributed by atoms with Crippen LogP contribution in [0.15, 0.2) is 110 Å². The Labute approximate surface area is 244 Å². The van der Waals surface area contributed by atoms with Crippen LogP contribution in [0.4, 0.5) is 0 Å². The van der Waals surface area contributed by atoms with Gasteiger partial charge in [0.05, 0.1) is 13.6 Å². The first-order valence-corrected chi connectivity index (χ1v) is 15.1. The minimum atomic E-state index is -1.02. The number of thiophene rings is 1. The van der Waals surface area contributed by atoms with E-state index in [0.717, 1.165) is 16.5 Å². The Bertz CT molecular complexity index is 1820. The van der Waals surface area contributed by atoms with Crippen LogP contribution in [0.2, 0.25) is 0 Å². The highest BCUT2D eigenvalue weighted by Crippen LogP contribution is 2.51. The quantitative estimate of drug-likeness (QED) is 0.193. The Morgan fingerprint density at radius 2 is 1.47 bits per heavy atom. The summed E-state index contributed by atoms with van der Waals surface area (Å²) in [7, 11) is 0. The molecule has 1 atom stereocenters. The van der Waals surface area contributed by atoms with Gasteiger partial charge in [0.1, 0.15) is 5.75 Å². The van der Waals surface area contributed by atoms with E-state index in [4.69, 9.17) is 4.74 Å². The predicted octanol–water partition coefficient (Wildman–Crippen LogP) is 10.4. The molecule has 0 saturated heterocycles. The molecule has 1 heterocycles. The molecular weight excluding hydrogens is 644 g/mol. The highest BCUT2D eigenvalue weighted by atomic mass is 79.9. The van der Waals surface area contributed by atoms with E-state index >= 15 is 0 Å². The average molecular weight is 664 g/mol. The number of carboxylic acid groups (broad SMARTS) is 1. The van der Waals surface area contributed by atoms with E-state index in [2.05, 4.69) is 105 Å². The monoisotopic (exact) mass is 662 g/mol. The number of hydrogen-bond acceptors (Lipinski definition) is 4. The zero-order valence-corrected chi connectivity index (χ0v) is 24.9. The summed E-state index contributed by atoms with van der Waals surface area (Å²) in [5.74, 6) is -0.549. The van der Waals surface area contributed by atoms with Crippen LogP contribution in [0.3, 0.4) is 0 Å². The van der Waals surface area contributed by atoms with Gasteiger partial charge >= 0.3 is 5.97 Å². The first-order valence-electron chi connectivity index (χ1n) is 11.9. The normalized spacial score (nSPS) is 12.3. The standard InChI is InChI=1S/C31H20Br2O3S2/c1-17(31(34)35)36-28-23(32)15-18(16-24(28)33)26-20-11-5-6-12-21(20)29(37-19-9-3-2-4-10-19)30-27(26)22-13-7-8-14-25(22)38-30/h2-17H,1H3,(H,34,35)/t17-/m1/s1. The molecule has 6 aromatic rings. The summed E-state index contributed by atoms with van der Waals surface area (Å²) in [6, 6.07) is 31.6. The smallest absolute Gasteiger partial charge is 0.344 e. The van der Waals surface area contributed by atoms with Crippen molar-refractivity contribution in [2.24, 2.45) is 0 Å². The largest absolute Gasteiger partial charge is 0.479 e. The Morgan fingerprint density at radius 1 is 0.868 bits per heavy atom. The molecule has 188 valence electrons. The number of ether oxygens (including phenoxy) is 1. The fourth-order valence-corrected chi connectivity index (χ4v) is 8.46. The lowest BCUT2D eigenvalue weighted by Gasteiger charge is -2.18. The van der Waals surface area contributed by atoms with Crippen molar-refractivity contribution in [3.8, 4) is 16.9 Å². The number of aliphatic carboxylic acids is 1. The summed E-state index contributed by atoms with van der Waals surface area (Å²) in [4.78, 5) is 13.9. The second-order valence-corrected chi connectivity index (χ2v) is 12.7. The summed E-state index contributed by atoms with van der Waals surface area (Å²) in [6.45, 7) is 1.52. The van der Waals surface area contributed by atoms with Gasteiger partial charge in [0.25, 0.3) is 0 Å². The maximum Gasteiger partial charge on any atom is 0.344 e. The summed E-state index contributed by atoms with van der Waals surface area (Å²) in [5.41, 5.74) is 2.16. The van der Waals surface area contributed by atoms with Crippen molar-refractivity contribution in [1.82, 2.24) is 0 Å². The molecule has 5 aromatic carbocycles. The summed E-state index contributed by atoms with van der Waals surface area (Å²) in [6.07, 6.45) is -0.976. The van der Waals surface area contributed by atoms with E-state index < -0.39 is 12.1 Å². The van der Waals surface area contributed by atoms with Crippen molar-refractivity contribution >= 4 is 91.9 Å². The molecule has 6 rings (SSSR count). The van der Waals surface area contributed by atoms with Crippen LogP contribution in [0, 0.1) is 0 Å². The van der Waals surface area contributed by atoms with Crippen LogP contribution in [-0.2, 0) is 4.79 Å². The zero-order chi connectivity index (χ0) is 26.4. The molecule has 0 bridgehead atoms. The SMILES string of the molecule is C[C@@H](Oc1c(Br)cc(-c2c3ccccc3c(Sc3ccccc3)c3sc4ccccc4c23)cc1Br)C(=O)O. The third-order valence-electron chi connectivity index (χ3n) is 6.39. The van der Waals surface area contributed by atoms with Crippen molar-refractivity contribution in [1.29, 1.82) is 0 Å². The molecular formula is C31H20Br2O3S2. The molecule has 0 saturated carbocycles. The van der Waals surface area contributed by atoms with E-state index in [-0.39, 0.29) is 0 Å². The van der Waals surface area contributed by atoms with E-state index in [9.17, 15) is 9.90 Å².